The molecular formula is C24H20N6O. The number of allylic oxidation sites excluding steroid dienone is 1. The molecule has 0 radical (unpaired) electrons. The summed E-state index contributed by atoms with van der Waals surface area (Å²) in [6, 6.07) is 22.8. The Morgan fingerprint density at radius 1 is 1.00 bits per heavy atom. The fraction of sp³-hybridized carbons (Fsp3) is 0.0833. The number of pyridine rings is 1. The molecule has 4 aromatic rings. The van der Waals surface area contributed by atoms with Gasteiger partial charge in [0, 0.05) is 17.5 Å². The minimum atomic E-state index is -0.418. The van der Waals surface area contributed by atoms with E-state index < -0.39 is 6.04 Å². The summed E-state index contributed by atoms with van der Waals surface area (Å²) in [5, 5.41) is 11.0. The van der Waals surface area contributed by atoms with Crippen molar-refractivity contribution >= 4 is 17.5 Å². The first kappa shape index (κ1) is 18.7. The van der Waals surface area contributed by atoms with Crippen LogP contribution in [0.1, 0.15) is 18.5 Å². The molecule has 0 saturated heterocycles. The minimum absolute atomic E-state index is 0.214. The molecule has 31 heavy (non-hydrogen) atoms. The largest absolute Gasteiger partial charge is 0.328 e. The summed E-state index contributed by atoms with van der Waals surface area (Å²) in [5.41, 5.74) is 3.80. The predicted molar refractivity (Wildman–Crippen MR) is 119 cm³/mol. The van der Waals surface area contributed by atoms with Crippen molar-refractivity contribution in [3.63, 3.8) is 0 Å². The van der Waals surface area contributed by atoms with Gasteiger partial charge in [-0.2, -0.15) is 4.98 Å². The molecule has 1 atom stereocenters. The number of carbonyl (C=O) groups is 1. The first-order valence-corrected chi connectivity index (χ1v) is 9.97. The summed E-state index contributed by atoms with van der Waals surface area (Å²) < 4.78 is 1.78. The van der Waals surface area contributed by atoms with Crippen LogP contribution in [0.3, 0.4) is 0 Å². The maximum absolute atomic E-state index is 13.3. The van der Waals surface area contributed by atoms with Gasteiger partial charge in [-0.25, -0.2) is 4.68 Å². The molecule has 0 saturated carbocycles. The number of hydrogen-bond donors (Lipinski definition) is 2. The number of rotatable bonds is 4. The molecule has 2 aromatic carbocycles. The molecule has 7 heteroatoms. The quantitative estimate of drug-likeness (QED) is 0.527. The Hall–Kier alpha value is -4.26. The van der Waals surface area contributed by atoms with Crippen LogP contribution in [0.4, 0.5) is 11.6 Å². The van der Waals surface area contributed by atoms with E-state index in [2.05, 4.69) is 20.6 Å². The number of fused-ring (bicyclic) bond motifs is 1. The SMILES string of the molecule is CC1=C(C(=O)Nc2cccnc2)[C@H](c2ccccc2)n2nc(-c3ccccc3)nc2N1. The molecule has 1 amide bonds. The Morgan fingerprint density at radius 3 is 2.45 bits per heavy atom. The Morgan fingerprint density at radius 2 is 1.74 bits per heavy atom. The molecule has 0 spiro atoms. The molecule has 7 nitrogen and oxygen atoms in total. The fourth-order valence-electron chi connectivity index (χ4n) is 3.73. The fourth-order valence-corrected chi connectivity index (χ4v) is 3.73. The van der Waals surface area contributed by atoms with E-state index in [1.807, 2.05) is 73.7 Å². The van der Waals surface area contributed by atoms with Crippen LogP contribution >= 0.6 is 0 Å². The van der Waals surface area contributed by atoms with Crippen LogP contribution in [-0.4, -0.2) is 25.7 Å². The van der Waals surface area contributed by atoms with E-state index in [0.29, 0.717) is 23.0 Å². The maximum atomic E-state index is 13.3. The molecule has 1 aliphatic heterocycles. The van der Waals surface area contributed by atoms with Crippen molar-refractivity contribution in [2.75, 3.05) is 10.6 Å². The third-order valence-corrected chi connectivity index (χ3v) is 5.16. The highest BCUT2D eigenvalue weighted by Gasteiger charge is 2.34. The monoisotopic (exact) mass is 408 g/mol. The van der Waals surface area contributed by atoms with Gasteiger partial charge in [-0.05, 0) is 24.6 Å². The number of benzene rings is 2. The topological polar surface area (TPSA) is 84.7 Å². The van der Waals surface area contributed by atoms with Crippen molar-refractivity contribution < 1.29 is 4.79 Å². The zero-order valence-corrected chi connectivity index (χ0v) is 16.9. The second-order valence-electron chi connectivity index (χ2n) is 7.24. The number of aromatic nitrogens is 4. The van der Waals surface area contributed by atoms with Gasteiger partial charge in [0.15, 0.2) is 5.82 Å². The Bertz CT molecular complexity index is 1250. The average Bonchev–Trinajstić information content (AvgIpc) is 3.23. The lowest BCUT2D eigenvalue weighted by molar-refractivity contribution is -0.113. The van der Waals surface area contributed by atoms with E-state index in [0.717, 1.165) is 16.8 Å². The minimum Gasteiger partial charge on any atom is -0.328 e. The molecular weight excluding hydrogens is 388 g/mol. The number of nitrogens with one attached hydrogen (secondary N) is 2. The highest BCUT2D eigenvalue weighted by Crippen LogP contribution is 2.36. The van der Waals surface area contributed by atoms with E-state index >= 15 is 0 Å². The summed E-state index contributed by atoms with van der Waals surface area (Å²) in [6.45, 7) is 1.88. The van der Waals surface area contributed by atoms with Crippen LogP contribution < -0.4 is 10.6 Å². The number of amides is 1. The Balaban J connectivity index is 1.60. The second kappa shape index (κ2) is 7.87. The van der Waals surface area contributed by atoms with Crippen LogP contribution in [0.2, 0.25) is 0 Å². The van der Waals surface area contributed by atoms with Crippen molar-refractivity contribution in [3.05, 3.63) is 102 Å². The van der Waals surface area contributed by atoms with E-state index in [4.69, 9.17) is 5.10 Å². The lowest BCUT2D eigenvalue weighted by Crippen LogP contribution is -2.31. The molecule has 152 valence electrons. The molecule has 2 N–H and O–H groups in total. The van der Waals surface area contributed by atoms with Gasteiger partial charge in [0.2, 0.25) is 5.95 Å². The highest BCUT2D eigenvalue weighted by atomic mass is 16.1. The smallest absolute Gasteiger partial charge is 0.255 e. The number of anilines is 2. The highest BCUT2D eigenvalue weighted by molar-refractivity contribution is 6.05. The first-order valence-electron chi connectivity index (χ1n) is 9.97. The molecule has 3 heterocycles. The van der Waals surface area contributed by atoms with Gasteiger partial charge < -0.3 is 10.6 Å². The molecule has 1 aliphatic rings. The van der Waals surface area contributed by atoms with Gasteiger partial charge in [0.25, 0.3) is 5.91 Å². The summed E-state index contributed by atoms with van der Waals surface area (Å²) >= 11 is 0. The molecule has 0 unspecified atom stereocenters. The van der Waals surface area contributed by atoms with Crippen molar-refractivity contribution in [2.45, 2.75) is 13.0 Å². The lowest BCUT2D eigenvalue weighted by atomic mass is 9.95. The zero-order chi connectivity index (χ0) is 21.2. The first-order chi connectivity index (χ1) is 15.2. The number of carbonyl (C=O) groups excluding carboxylic acids is 1. The van der Waals surface area contributed by atoms with Crippen LogP contribution in [0.25, 0.3) is 11.4 Å². The van der Waals surface area contributed by atoms with Gasteiger partial charge in [0.1, 0.15) is 6.04 Å². The predicted octanol–water partition coefficient (Wildman–Crippen LogP) is 4.27. The van der Waals surface area contributed by atoms with E-state index in [-0.39, 0.29) is 5.91 Å². The summed E-state index contributed by atoms with van der Waals surface area (Å²) in [7, 11) is 0. The van der Waals surface area contributed by atoms with Crippen molar-refractivity contribution in [1.82, 2.24) is 19.7 Å². The standard InChI is InChI=1S/C24H20N6O/c1-16-20(23(31)27-19-13-8-14-25-15-19)21(17-9-4-2-5-10-17)30-24(26-16)28-22(29-30)18-11-6-3-7-12-18/h2-15,21H,1H3,(H,27,31)(H,26,28,29)/t21-/m0/s1. The summed E-state index contributed by atoms with van der Waals surface area (Å²) in [6.07, 6.45) is 3.29. The van der Waals surface area contributed by atoms with E-state index in [9.17, 15) is 4.79 Å². The second-order valence-corrected chi connectivity index (χ2v) is 7.24. The van der Waals surface area contributed by atoms with Crippen molar-refractivity contribution in [3.8, 4) is 11.4 Å². The average molecular weight is 408 g/mol. The molecule has 0 bridgehead atoms. The lowest BCUT2D eigenvalue weighted by Gasteiger charge is -2.28. The zero-order valence-electron chi connectivity index (χ0n) is 16.9. The maximum Gasteiger partial charge on any atom is 0.255 e. The summed E-state index contributed by atoms with van der Waals surface area (Å²) in [4.78, 5) is 22.1. The third kappa shape index (κ3) is 3.57. The van der Waals surface area contributed by atoms with Gasteiger partial charge in [-0.15, -0.1) is 5.10 Å². The van der Waals surface area contributed by atoms with Gasteiger partial charge in [-0.1, -0.05) is 60.7 Å². The normalized spacial score (nSPS) is 15.2. The van der Waals surface area contributed by atoms with Crippen LogP contribution in [0.5, 0.6) is 0 Å². The van der Waals surface area contributed by atoms with Gasteiger partial charge >= 0.3 is 0 Å². The molecule has 5 rings (SSSR count). The Kier molecular flexibility index (Phi) is 4.76. The van der Waals surface area contributed by atoms with Crippen LogP contribution in [-0.2, 0) is 4.79 Å². The van der Waals surface area contributed by atoms with Crippen molar-refractivity contribution in [1.29, 1.82) is 0 Å². The number of hydrogen-bond acceptors (Lipinski definition) is 5. The van der Waals surface area contributed by atoms with Gasteiger partial charge in [-0.3, -0.25) is 9.78 Å². The Labute approximate surface area is 179 Å². The molecule has 0 aliphatic carbocycles. The van der Waals surface area contributed by atoms with Crippen molar-refractivity contribution in [2.24, 2.45) is 0 Å². The summed E-state index contributed by atoms with van der Waals surface area (Å²) in [5.74, 6) is 0.989. The van der Waals surface area contributed by atoms with E-state index in [1.165, 1.54) is 0 Å². The molecule has 2 aromatic heterocycles. The van der Waals surface area contributed by atoms with Gasteiger partial charge in [0.05, 0.1) is 17.5 Å². The number of nitrogens with zero attached hydrogens (tertiary/aromatic N) is 4. The van der Waals surface area contributed by atoms with Crippen LogP contribution in [0, 0.1) is 0 Å². The third-order valence-electron chi connectivity index (χ3n) is 5.16. The van der Waals surface area contributed by atoms with Crippen LogP contribution in [0.15, 0.2) is 96.5 Å². The van der Waals surface area contributed by atoms with E-state index in [1.54, 1.807) is 23.1 Å². The molecule has 0 fully saturated rings.